The summed E-state index contributed by atoms with van der Waals surface area (Å²) in [6.07, 6.45) is 4.47. The summed E-state index contributed by atoms with van der Waals surface area (Å²) in [5.74, 6) is 0. The normalized spacial score (nSPS) is 22.1. The van der Waals surface area contributed by atoms with Gasteiger partial charge in [-0.05, 0) is 49.4 Å². The van der Waals surface area contributed by atoms with E-state index in [1.165, 1.54) is 11.3 Å². The zero-order chi connectivity index (χ0) is 15.1. The zero-order valence-electron chi connectivity index (χ0n) is 14.0. The molecule has 1 unspecified atom stereocenters. The van der Waals surface area contributed by atoms with Gasteiger partial charge in [-0.3, -0.25) is 0 Å². The van der Waals surface area contributed by atoms with Gasteiger partial charge in [0.15, 0.2) is 0 Å². The molecule has 20 heavy (non-hydrogen) atoms. The first kappa shape index (κ1) is 15.6. The van der Waals surface area contributed by atoms with E-state index in [2.05, 4.69) is 63.5 Å². The van der Waals surface area contributed by atoms with Crippen molar-refractivity contribution in [1.82, 2.24) is 9.47 Å². The lowest BCUT2D eigenvalue weighted by atomic mass is 9.74. The van der Waals surface area contributed by atoms with Crippen molar-refractivity contribution in [3.8, 4) is 0 Å². The standard InChI is InChI=1S/C17H31N3/c1-16(2)9-14(18)13-7-8-20(15(13)10-16)12-17(3,4)11-19(5)6/h7-8,14H,9-12,18H2,1-6H3. The zero-order valence-corrected chi connectivity index (χ0v) is 14.0. The number of fused-ring (bicyclic) bond motifs is 1. The van der Waals surface area contributed by atoms with E-state index in [0.29, 0.717) is 5.41 Å². The molecule has 0 fully saturated rings. The Morgan fingerprint density at radius 2 is 2.05 bits per heavy atom. The van der Waals surface area contributed by atoms with Gasteiger partial charge in [0.05, 0.1) is 0 Å². The van der Waals surface area contributed by atoms with Crippen LogP contribution in [0.5, 0.6) is 0 Å². The van der Waals surface area contributed by atoms with E-state index < -0.39 is 0 Å². The van der Waals surface area contributed by atoms with Crippen molar-refractivity contribution in [2.45, 2.75) is 53.1 Å². The van der Waals surface area contributed by atoms with Crippen LogP contribution in [0, 0.1) is 10.8 Å². The first-order valence-electron chi connectivity index (χ1n) is 7.68. The van der Waals surface area contributed by atoms with Crippen molar-refractivity contribution in [1.29, 1.82) is 0 Å². The van der Waals surface area contributed by atoms with E-state index in [1.54, 1.807) is 0 Å². The lowest BCUT2D eigenvalue weighted by Crippen LogP contribution is -2.34. The Bertz CT molecular complexity index is 469. The van der Waals surface area contributed by atoms with Crippen molar-refractivity contribution in [2.24, 2.45) is 16.6 Å². The summed E-state index contributed by atoms with van der Waals surface area (Å²) in [6.45, 7) is 11.5. The molecule has 0 spiro atoms. The van der Waals surface area contributed by atoms with Gasteiger partial charge in [-0.1, -0.05) is 27.7 Å². The van der Waals surface area contributed by atoms with Crippen molar-refractivity contribution in [3.63, 3.8) is 0 Å². The number of hydrogen-bond acceptors (Lipinski definition) is 2. The van der Waals surface area contributed by atoms with E-state index in [-0.39, 0.29) is 11.5 Å². The Hall–Kier alpha value is -0.800. The van der Waals surface area contributed by atoms with Crippen LogP contribution in [-0.4, -0.2) is 30.1 Å². The molecule has 0 amide bonds. The van der Waals surface area contributed by atoms with Gasteiger partial charge in [-0.25, -0.2) is 0 Å². The maximum Gasteiger partial charge on any atom is 0.0318 e. The van der Waals surface area contributed by atoms with E-state index in [9.17, 15) is 0 Å². The van der Waals surface area contributed by atoms with Crippen LogP contribution in [0.25, 0.3) is 0 Å². The molecule has 114 valence electrons. The fourth-order valence-electron chi connectivity index (χ4n) is 3.81. The third-order valence-corrected chi connectivity index (χ3v) is 4.27. The van der Waals surface area contributed by atoms with Crippen LogP contribution in [0.1, 0.15) is 51.4 Å². The van der Waals surface area contributed by atoms with E-state index >= 15 is 0 Å². The highest BCUT2D eigenvalue weighted by molar-refractivity contribution is 5.30. The maximum atomic E-state index is 6.36. The van der Waals surface area contributed by atoms with Crippen molar-refractivity contribution in [2.75, 3.05) is 20.6 Å². The van der Waals surface area contributed by atoms with Gasteiger partial charge in [-0.2, -0.15) is 0 Å². The number of hydrogen-bond donors (Lipinski definition) is 1. The first-order chi connectivity index (χ1) is 9.10. The van der Waals surface area contributed by atoms with Crippen LogP contribution in [0.4, 0.5) is 0 Å². The van der Waals surface area contributed by atoms with Crippen LogP contribution in [0.3, 0.4) is 0 Å². The summed E-state index contributed by atoms with van der Waals surface area (Å²) >= 11 is 0. The second-order valence-electron chi connectivity index (χ2n) is 8.40. The number of nitrogens with two attached hydrogens (primary N) is 1. The topological polar surface area (TPSA) is 34.2 Å². The van der Waals surface area contributed by atoms with E-state index in [0.717, 1.165) is 25.9 Å². The minimum absolute atomic E-state index is 0.201. The molecule has 0 saturated heterocycles. The molecule has 1 aliphatic carbocycles. The SMILES string of the molecule is CN(C)CC(C)(C)Cn1ccc2c1CC(C)(C)CC2N. The Kier molecular flexibility index (Phi) is 4.05. The molecular formula is C17H31N3. The fourth-order valence-corrected chi connectivity index (χ4v) is 3.81. The Morgan fingerprint density at radius 3 is 2.65 bits per heavy atom. The molecule has 2 rings (SSSR count). The molecule has 3 heteroatoms. The fraction of sp³-hybridized carbons (Fsp3) is 0.765. The Labute approximate surface area is 124 Å². The monoisotopic (exact) mass is 277 g/mol. The minimum Gasteiger partial charge on any atom is -0.350 e. The Balaban J connectivity index is 2.23. The molecule has 0 aromatic carbocycles. The van der Waals surface area contributed by atoms with Crippen LogP contribution < -0.4 is 5.73 Å². The molecule has 2 N–H and O–H groups in total. The van der Waals surface area contributed by atoms with Gasteiger partial charge >= 0.3 is 0 Å². The highest BCUT2D eigenvalue weighted by Gasteiger charge is 2.33. The number of nitrogens with zero attached hydrogens (tertiary/aromatic N) is 2. The molecule has 1 aromatic heterocycles. The molecule has 1 atom stereocenters. The summed E-state index contributed by atoms with van der Waals surface area (Å²) in [6, 6.07) is 2.44. The van der Waals surface area contributed by atoms with Crippen LogP contribution in [0.2, 0.25) is 0 Å². The highest BCUT2D eigenvalue weighted by atomic mass is 15.1. The molecule has 3 nitrogen and oxygen atoms in total. The number of aromatic nitrogens is 1. The van der Waals surface area contributed by atoms with Crippen LogP contribution in [0.15, 0.2) is 12.3 Å². The summed E-state index contributed by atoms with van der Waals surface area (Å²) < 4.78 is 2.44. The van der Waals surface area contributed by atoms with Gasteiger partial charge in [-0.15, -0.1) is 0 Å². The average Bonchev–Trinajstić information content (AvgIpc) is 2.56. The smallest absolute Gasteiger partial charge is 0.0318 e. The largest absolute Gasteiger partial charge is 0.350 e. The molecule has 0 radical (unpaired) electrons. The maximum absolute atomic E-state index is 6.36. The second kappa shape index (κ2) is 5.19. The van der Waals surface area contributed by atoms with Crippen molar-refractivity contribution >= 4 is 0 Å². The van der Waals surface area contributed by atoms with Gasteiger partial charge in [0, 0.05) is 31.0 Å². The predicted octanol–water partition coefficient (Wildman–Crippen LogP) is 3.05. The summed E-state index contributed by atoms with van der Waals surface area (Å²) in [5, 5.41) is 0. The van der Waals surface area contributed by atoms with Gasteiger partial charge < -0.3 is 15.2 Å². The van der Waals surface area contributed by atoms with E-state index in [4.69, 9.17) is 5.73 Å². The highest BCUT2D eigenvalue weighted by Crippen LogP contribution is 2.40. The third kappa shape index (κ3) is 3.44. The first-order valence-corrected chi connectivity index (χ1v) is 7.68. The second-order valence-corrected chi connectivity index (χ2v) is 8.40. The van der Waals surface area contributed by atoms with Crippen LogP contribution >= 0.6 is 0 Å². The Morgan fingerprint density at radius 1 is 1.40 bits per heavy atom. The molecular weight excluding hydrogens is 246 g/mol. The van der Waals surface area contributed by atoms with Crippen molar-refractivity contribution in [3.05, 3.63) is 23.5 Å². The molecule has 0 aliphatic heterocycles. The van der Waals surface area contributed by atoms with E-state index in [1.807, 2.05) is 0 Å². The summed E-state index contributed by atoms with van der Waals surface area (Å²) in [5.41, 5.74) is 9.76. The van der Waals surface area contributed by atoms with Crippen molar-refractivity contribution < 1.29 is 0 Å². The molecule has 0 saturated carbocycles. The lowest BCUT2D eigenvalue weighted by molar-refractivity contribution is 0.204. The van der Waals surface area contributed by atoms with Gasteiger partial charge in [0.1, 0.15) is 0 Å². The molecule has 1 aromatic rings. The molecule has 1 aliphatic rings. The van der Waals surface area contributed by atoms with Gasteiger partial charge in [0.2, 0.25) is 0 Å². The number of rotatable bonds is 4. The lowest BCUT2D eigenvalue weighted by Gasteiger charge is -2.36. The quantitative estimate of drug-likeness (QED) is 0.918. The molecule has 1 heterocycles. The summed E-state index contributed by atoms with van der Waals surface area (Å²) in [4.78, 5) is 2.27. The average molecular weight is 277 g/mol. The molecule has 0 bridgehead atoms. The third-order valence-electron chi connectivity index (χ3n) is 4.27. The summed E-state index contributed by atoms with van der Waals surface area (Å²) in [7, 11) is 4.29. The minimum atomic E-state index is 0.201. The van der Waals surface area contributed by atoms with Crippen LogP contribution in [-0.2, 0) is 13.0 Å². The predicted molar refractivity (Wildman–Crippen MR) is 85.8 cm³/mol. The van der Waals surface area contributed by atoms with Gasteiger partial charge in [0.25, 0.3) is 0 Å².